The molecule has 0 radical (unpaired) electrons. The minimum absolute atomic E-state index is 0.160. The van der Waals surface area contributed by atoms with Gasteiger partial charge in [0.2, 0.25) is 10.0 Å². The van der Waals surface area contributed by atoms with E-state index in [0.29, 0.717) is 11.5 Å². The maximum Gasteiger partial charge on any atom is 0.257 e. The molecule has 0 spiro atoms. The number of sulfonamides is 1. The fourth-order valence-electron chi connectivity index (χ4n) is 3.02. The van der Waals surface area contributed by atoms with Crippen LogP contribution in [0.1, 0.15) is 10.4 Å². The lowest BCUT2D eigenvalue weighted by Crippen LogP contribution is -2.50. The molecule has 0 atom stereocenters. The van der Waals surface area contributed by atoms with Gasteiger partial charge in [-0.05, 0) is 36.4 Å². The van der Waals surface area contributed by atoms with Crippen LogP contribution in [-0.4, -0.2) is 69.0 Å². The molecule has 2 aromatic carbocycles. The summed E-state index contributed by atoms with van der Waals surface area (Å²) in [6.07, 6.45) is 0. The third kappa shape index (κ3) is 3.90. The van der Waals surface area contributed by atoms with Crippen LogP contribution in [-0.2, 0) is 10.0 Å². The van der Waals surface area contributed by atoms with Crippen LogP contribution in [0, 0.1) is 0 Å². The lowest BCUT2D eigenvalue weighted by atomic mass is 10.1. The third-order valence-corrected chi connectivity index (χ3v) is 6.57. The first kappa shape index (κ1) is 20.0. The van der Waals surface area contributed by atoms with Crippen molar-refractivity contribution in [1.82, 2.24) is 9.21 Å². The molecule has 9 heteroatoms. The summed E-state index contributed by atoms with van der Waals surface area (Å²) < 4.78 is 37.0. The maximum absolute atomic E-state index is 12.8. The number of benzene rings is 2. The van der Waals surface area contributed by atoms with Crippen LogP contribution >= 0.6 is 0 Å². The average molecular weight is 406 g/mol. The van der Waals surface area contributed by atoms with Crippen LogP contribution in [0.15, 0.2) is 47.4 Å². The van der Waals surface area contributed by atoms with Gasteiger partial charge in [0, 0.05) is 32.2 Å². The first-order valence-corrected chi connectivity index (χ1v) is 10.1. The molecule has 1 amide bonds. The van der Waals surface area contributed by atoms with Gasteiger partial charge in [0.05, 0.1) is 24.7 Å². The number of piperazine rings is 1. The highest BCUT2D eigenvalue weighted by molar-refractivity contribution is 7.89. The van der Waals surface area contributed by atoms with Crippen LogP contribution in [0.25, 0.3) is 0 Å². The highest BCUT2D eigenvalue weighted by Gasteiger charge is 2.31. The van der Waals surface area contributed by atoms with Crippen LogP contribution < -0.4 is 9.47 Å². The second-order valence-corrected chi connectivity index (χ2v) is 8.19. The summed E-state index contributed by atoms with van der Waals surface area (Å²) in [5, 5.41) is 10.1. The van der Waals surface area contributed by atoms with Crippen molar-refractivity contribution in [1.29, 1.82) is 0 Å². The van der Waals surface area contributed by atoms with E-state index in [1.54, 1.807) is 18.2 Å². The van der Waals surface area contributed by atoms with E-state index < -0.39 is 10.0 Å². The Labute approximate surface area is 164 Å². The number of amides is 1. The van der Waals surface area contributed by atoms with Gasteiger partial charge in [-0.25, -0.2) is 8.42 Å². The van der Waals surface area contributed by atoms with E-state index in [-0.39, 0.29) is 48.3 Å². The van der Waals surface area contributed by atoms with Gasteiger partial charge in [-0.3, -0.25) is 4.79 Å². The lowest BCUT2D eigenvalue weighted by Gasteiger charge is -2.34. The first-order chi connectivity index (χ1) is 13.4. The fraction of sp³-hybridized carbons (Fsp3) is 0.316. The number of rotatable bonds is 5. The van der Waals surface area contributed by atoms with E-state index >= 15 is 0 Å². The number of phenolic OH excluding ortho intramolecular Hbond substituents is 1. The molecular formula is C19H22N2O6S. The SMILES string of the molecule is COc1ccc(S(=O)(=O)N2CCN(C(=O)c3ccc(OC)cc3O)CC2)cc1. The molecule has 0 aromatic heterocycles. The van der Waals surface area contributed by atoms with Gasteiger partial charge in [-0.2, -0.15) is 4.31 Å². The molecule has 150 valence electrons. The Morgan fingerprint density at radius 2 is 1.50 bits per heavy atom. The number of ether oxygens (including phenoxy) is 2. The minimum atomic E-state index is -3.64. The Morgan fingerprint density at radius 3 is 2.04 bits per heavy atom. The van der Waals surface area contributed by atoms with Crippen LogP contribution in [0.3, 0.4) is 0 Å². The van der Waals surface area contributed by atoms with E-state index in [4.69, 9.17) is 9.47 Å². The van der Waals surface area contributed by atoms with Gasteiger partial charge in [-0.1, -0.05) is 0 Å². The highest BCUT2D eigenvalue weighted by Crippen LogP contribution is 2.26. The van der Waals surface area contributed by atoms with Gasteiger partial charge in [0.25, 0.3) is 5.91 Å². The fourth-order valence-corrected chi connectivity index (χ4v) is 4.44. The van der Waals surface area contributed by atoms with Crippen molar-refractivity contribution in [3.63, 3.8) is 0 Å². The summed E-state index contributed by atoms with van der Waals surface area (Å²) in [6.45, 7) is 0.827. The summed E-state index contributed by atoms with van der Waals surface area (Å²) in [4.78, 5) is 14.4. The molecule has 28 heavy (non-hydrogen) atoms. The Bertz CT molecular complexity index is 951. The normalized spacial score (nSPS) is 15.3. The van der Waals surface area contributed by atoms with Crippen molar-refractivity contribution < 1.29 is 27.8 Å². The van der Waals surface area contributed by atoms with E-state index in [1.165, 1.54) is 47.7 Å². The Balaban J connectivity index is 1.68. The number of phenols is 1. The number of aromatic hydroxyl groups is 1. The van der Waals surface area contributed by atoms with Gasteiger partial charge in [-0.15, -0.1) is 0 Å². The second kappa shape index (κ2) is 8.07. The smallest absolute Gasteiger partial charge is 0.257 e. The molecule has 0 saturated carbocycles. The number of carbonyl (C=O) groups excluding carboxylic acids is 1. The van der Waals surface area contributed by atoms with Crippen LogP contribution in [0.5, 0.6) is 17.2 Å². The Kier molecular flexibility index (Phi) is 5.76. The van der Waals surface area contributed by atoms with E-state index in [2.05, 4.69) is 0 Å². The molecule has 0 aliphatic carbocycles. The van der Waals surface area contributed by atoms with E-state index in [1.807, 2.05) is 0 Å². The second-order valence-electron chi connectivity index (χ2n) is 6.25. The molecule has 1 aliphatic rings. The number of nitrogens with zero attached hydrogens (tertiary/aromatic N) is 2. The predicted octanol–water partition coefficient (Wildman–Crippen LogP) is 1.56. The summed E-state index contributed by atoms with van der Waals surface area (Å²) >= 11 is 0. The molecule has 1 N–H and O–H groups in total. The van der Waals surface area contributed by atoms with Crippen LogP contribution in [0.2, 0.25) is 0 Å². The Hall–Kier alpha value is -2.78. The summed E-state index contributed by atoms with van der Waals surface area (Å²) in [5.74, 6) is 0.511. The molecule has 3 rings (SSSR count). The zero-order chi connectivity index (χ0) is 20.3. The topological polar surface area (TPSA) is 96.4 Å². The molecule has 1 heterocycles. The zero-order valence-electron chi connectivity index (χ0n) is 15.7. The zero-order valence-corrected chi connectivity index (χ0v) is 16.5. The quantitative estimate of drug-likeness (QED) is 0.810. The van der Waals surface area contributed by atoms with E-state index in [0.717, 1.165) is 0 Å². The molecule has 1 aliphatic heterocycles. The van der Waals surface area contributed by atoms with Gasteiger partial charge >= 0.3 is 0 Å². The average Bonchev–Trinajstić information content (AvgIpc) is 2.73. The van der Waals surface area contributed by atoms with Crippen molar-refractivity contribution in [3.8, 4) is 17.2 Å². The summed E-state index contributed by atoms with van der Waals surface area (Å²) in [5.41, 5.74) is 0.160. The summed E-state index contributed by atoms with van der Waals surface area (Å²) in [7, 11) is -0.659. The number of hydrogen-bond donors (Lipinski definition) is 1. The molecule has 1 fully saturated rings. The third-order valence-electron chi connectivity index (χ3n) is 4.66. The lowest BCUT2D eigenvalue weighted by molar-refractivity contribution is 0.0695. The highest BCUT2D eigenvalue weighted by atomic mass is 32.2. The minimum Gasteiger partial charge on any atom is -0.507 e. The molecular weight excluding hydrogens is 384 g/mol. The number of carbonyl (C=O) groups is 1. The monoisotopic (exact) mass is 406 g/mol. The van der Waals surface area contributed by atoms with Crippen molar-refractivity contribution in [2.75, 3.05) is 40.4 Å². The van der Waals surface area contributed by atoms with Crippen molar-refractivity contribution >= 4 is 15.9 Å². The standard InChI is InChI=1S/C19H22N2O6S/c1-26-14-3-6-16(7-4-14)28(24,25)21-11-9-20(10-12-21)19(23)17-8-5-15(27-2)13-18(17)22/h3-8,13,22H,9-12H2,1-2H3. The largest absolute Gasteiger partial charge is 0.507 e. The molecule has 2 aromatic rings. The van der Waals surface area contributed by atoms with E-state index in [9.17, 15) is 18.3 Å². The van der Waals surface area contributed by atoms with Gasteiger partial charge in [0.15, 0.2) is 0 Å². The predicted molar refractivity (Wildman–Crippen MR) is 102 cm³/mol. The van der Waals surface area contributed by atoms with Crippen LogP contribution in [0.4, 0.5) is 0 Å². The number of methoxy groups -OCH3 is 2. The van der Waals surface area contributed by atoms with Crippen molar-refractivity contribution in [2.45, 2.75) is 4.90 Å². The molecule has 8 nitrogen and oxygen atoms in total. The van der Waals surface area contributed by atoms with Crippen molar-refractivity contribution in [3.05, 3.63) is 48.0 Å². The first-order valence-electron chi connectivity index (χ1n) is 8.67. The molecule has 0 bridgehead atoms. The number of hydrogen-bond acceptors (Lipinski definition) is 6. The summed E-state index contributed by atoms with van der Waals surface area (Å²) in [6, 6.07) is 10.7. The Morgan fingerprint density at radius 1 is 0.929 bits per heavy atom. The maximum atomic E-state index is 12.8. The van der Waals surface area contributed by atoms with Gasteiger partial charge < -0.3 is 19.5 Å². The molecule has 1 saturated heterocycles. The van der Waals surface area contributed by atoms with Crippen molar-refractivity contribution in [2.24, 2.45) is 0 Å². The molecule has 0 unspecified atom stereocenters. The van der Waals surface area contributed by atoms with Gasteiger partial charge in [0.1, 0.15) is 17.2 Å².